The molecule has 0 fully saturated rings. The number of carbonyl (C=O) groups is 3. The predicted octanol–water partition coefficient (Wildman–Crippen LogP) is 3.14. The van der Waals surface area contributed by atoms with Crippen LogP contribution in [-0.4, -0.2) is 17.3 Å². The van der Waals surface area contributed by atoms with E-state index < -0.39 is 0 Å². The lowest BCUT2D eigenvalue weighted by Gasteiger charge is -2.25. The highest BCUT2D eigenvalue weighted by atomic mass is 16.1. The molecule has 0 amide bonds. The highest BCUT2D eigenvalue weighted by molar-refractivity contribution is 6.29. The Balaban J connectivity index is 2.26. The zero-order valence-electron chi connectivity index (χ0n) is 10.8. The number of allylic oxidation sites excluding steroid dienone is 2. The van der Waals surface area contributed by atoms with Crippen LogP contribution in [0.1, 0.15) is 63.7 Å². The largest absolute Gasteiger partial charge is 0.294 e. The first-order chi connectivity index (χ1) is 9.11. The van der Waals surface area contributed by atoms with Gasteiger partial charge in [0.25, 0.3) is 0 Å². The van der Waals surface area contributed by atoms with Crippen LogP contribution in [0.2, 0.25) is 0 Å². The van der Waals surface area contributed by atoms with E-state index in [2.05, 4.69) is 0 Å². The van der Waals surface area contributed by atoms with Gasteiger partial charge < -0.3 is 0 Å². The molecule has 0 radical (unpaired) electrons. The third-order valence-corrected chi connectivity index (χ3v) is 3.93. The summed E-state index contributed by atoms with van der Waals surface area (Å²) in [5, 5.41) is 0. The Labute approximate surface area is 111 Å². The molecule has 0 bridgehead atoms. The van der Waals surface area contributed by atoms with Gasteiger partial charge in [-0.1, -0.05) is 18.2 Å². The van der Waals surface area contributed by atoms with E-state index >= 15 is 0 Å². The fraction of sp³-hybridized carbons (Fsp3) is 0.312. The molecule has 0 spiro atoms. The van der Waals surface area contributed by atoms with E-state index in [0.717, 1.165) is 12.8 Å². The number of carbonyl (C=O) groups excluding carboxylic acids is 3. The maximum atomic E-state index is 12.6. The van der Waals surface area contributed by atoms with Crippen molar-refractivity contribution in [3.63, 3.8) is 0 Å². The second kappa shape index (κ2) is 4.26. The van der Waals surface area contributed by atoms with Crippen LogP contribution in [0.15, 0.2) is 29.3 Å². The maximum absolute atomic E-state index is 12.6. The second-order valence-corrected chi connectivity index (χ2v) is 5.11. The van der Waals surface area contributed by atoms with Crippen LogP contribution < -0.4 is 0 Å². The van der Waals surface area contributed by atoms with Crippen molar-refractivity contribution >= 4 is 17.3 Å². The summed E-state index contributed by atoms with van der Waals surface area (Å²) in [6, 6.07) is 4.95. The molecular weight excluding hydrogens is 240 g/mol. The number of Topliss-reactive ketones (excluding diaryl/α,β-unsaturated/α-hetero) is 3. The van der Waals surface area contributed by atoms with E-state index in [1.54, 1.807) is 18.2 Å². The number of hydrogen-bond donors (Lipinski definition) is 0. The summed E-state index contributed by atoms with van der Waals surface area (Å²) in [5.74, 6) is -0.347. The summed E-state index contributed by atoms with van der Waals surface area (Å²) in [5.41, 5.74) is 2.40. The average Bonchev–Trinajstić information content (AvgIpc) is 2.44. The van der Waals surface area contributed by atoms with Crippen LogP contribution in [0.25, 0.3) is 0 Å². The highest BCUT2D eigenvalue weighted by Crippen LogP contribution is 2.36. The third-order valence-electron chi connectivity index (χ3n) is 3.93. The molecule has 3 nitrogen and oxygen atoms in total. The summed E-state index contributed by atoms with van der Waals surface area (Å²) in [6.45, 7) is 1.43. The molecule has 96 valence electrons. The molecule has 0 atom stereocenters. The van der Waals surface area contributed by atoms with Crippen molar-refractivity contribution in [3.8, 4) is 0 Å². The van der Waals surface area contributed by atoms with Gasteiger partial charge >= 0.3 is 0 Å². The molecule has 0 N–H and O–H groups in total. The van der Waals surface area contributed by atoms with Crippen molar-refractivity contribution in [1.29, 1.82) is 0 Å². The molecule has 0 unspecified atom stereocenters. The van der Waals surface area contributed by atoms with Crippen molar-refractivity contribution in [2.24, 2.45) is 0 Å². The van der Waals surface area contributed by atoms with Gasteiger partial charge in [-0.15, -0.1) is 0 Å². The van der Waals surface area contributed by atoms with Crippen molar-refractivity contribution in [1.82, 2.24) is 0 Å². The van der Waals surface area contributed by atoms with Crippen LogP contribution in [-0.2, 0) is 0 Å². The summed E-state index contributed by atoms with van der Waals surface area (Å²) in [4.78, 5) is 36.7. The molecular formula is C16H14O3. The molecule has 0 aliphatic heterocycles. The molecule has 0 heterocycles. The van der Waals surface area contributed by atoms with Gasteiger partial charge in [0.05, 0.1) is 0 Å². The summed E-state index contributed by atoms with van der Waals surface area (Å²) < 4.78 is 0. The van der Waals surface area contributed by atoms with Gasteiger partial charge in [0.1, 0.15) is 0 Å². The van der Waals surface area contributed by atoms with Gasteiger partial charge in [0.15, 0.2) is 17.3 Å². The SMILES string of the molecule is CC(=O)c1cccc2c1C(=O)C1=C(CCCC1)C2=O. The Hall–Kier alpha value is -2.03. The normalized spacial score (nSPS) is 18.2. The molecule has 1 aromatic rings. The molecule has 0 aromatic heterocycles. The van der Waals surface area contributed by atoms with Crippen molar-refractivity contribution < 1.29 is 14.4 Å². The molecule has 19 heavy (non-hydrogen) atoms. The predicted molar refractivity (Wildman–Crippen MR) is 70.6 cm³/mol. The van der Waals surface area contributed by atoms with Gasteiger partial charge in [-0.05, 0) is 32.6 Å². The maximum Gasteiger partial charge on any atom is 0.190 e. The van der Waals surface area contributed by atoms with Crippen molar-refractivity contribution in [2.75, 3.05) is 0 Å². The van der Waals surface area contributed by atoms with Gasteiger partial charge in [0.2, 0.25) is 0 Å². The van der Waals surface area contributed by atoms with E-state index in [-0.39, 0.29) is 17.3 Å². The molecule has 3 rings (SSSR count). The van der Waals surface area contributed by atoms with Crippen LogP contribution in [0.5, 0.6) is 0 Å². The minimum Gasteiger partial charge on any atom is -0.294 e. The number of fused-ring (bicyclic) bond motifs is 1. The number of benzene rings is 1. The Bertz CT molecular complexity index is 650. The minimum atomic E-state index is -0.169. The van der Waals surface area contributed by atoms with E-state index in [0.29, 0.717) is 40.7 Å². The summed E-state index contributed by atoms with van der Waals surface area (Å²) in [7, 11) is 0. The molecule has 3 heteroatoms. The monoisotopic (exact) mass is 254 g/mol. The van der Waals surface area contributed by atoms with Crippen LogP contribution >= 0.6 is 0 Å². The molecule has 0 saturated carbocycles. The van der Waals surface area contributed by atoms with Crippen molar-refractivity contribution in [3.05, 3.63) is 46.0 Å². The number of rotatable bonds is 1. The molecule has 0 saturated heterocycles. The van der Waals surface area contributed by atoms with E-state index in [9.17, 15) is 14.4 Å². The zero-order valence-corrected chi connectivity index (χ0v) is 10.8. The van der Waals surface area contributed by atoms with Gasteiger partial charge in [0, 0.05) is 27.8 Å². The molecule has 1 aromatic carbocycles. The second-order valence-electron chi connectivity index (χ2n) is 5.11. The fourth-order valence-electron chi connectivity index (χ4n) is 3.00. The Kier molecular flexibility index (Phi) is 2.70. The fourth-order valence-corrected chi connectivity index (χ4v) is 3.00. The standard InChI is InChI=1S/C16H14O3/c1-9(17)10-7-4-8-13-14(10)16(19)12-6-3-2-5-11(12)15(13)18/h4,7-8H,2-3,5-6H2,1H3. The van der Waals surface area contributed by atoms with E-state index in [1.165, 1.54) is 6.92 Å². The molecule has 2 aliphatic rings. The number of hydrogen-bond acceptors (Lipinski definition) is 3. The summed E-state index contributed by atoms with van der Waals surface area (Å²) in [6.07, 6.45) is 3.24. The third kappa shape index (κ3) is 1.69. The molecule has 2 aliphatic carbocycles. The first kappa shape index (κ1) is 12.0. The Morgan fingerprint density at radius 1 is 1.00 bits per heavy atom. The minimum absolute atomic E-state index is 0.0626. The smallest absolute Gasteiger partial charge is 0.190 e. The highest BCUT2D eigenvalue weighted by Gasteiger charge is 2.35. The van der Waals surface area contributed by atoms with E-state index in [4.69, 9.17) is 0 Å². The average molecular weight is 254 g/mol. The first-order valence-corrected chi connectivity index (χ1v) is 6.56. The first-order valence-electron chi connectivity index (χ1n) is 6.56. The van der Waals surface area contributed by atoms with Gasteiger partial charge in [-0.3, -0.25) is 14.4 Å². The van der Waals surface area contributed by atoms with Crippen LogP contribution in [0, 0.1) is 0 Å². The topological polar surface area (TPSA) is 51.2 Å². The van der Waals surface area contributed by atoms with Crippen LogP contribution in [0.3, 0.4) is 0 Å². The number of ketones is 3. The Morgan fingerprint density at radius 3 is 2.26 bits per heavy atom. The quantitative estimate of drug-likeness (QED) is 0.723. The van der Waals surface area contributed by atoms with Gasteiger partial charge in [-0.2, -0.15) is 0 Å². The lowest BCUT2D eigenvalue weighted by Crippen LogP contribution is -2.26. The summed E-state index contributed by atoms with van der Waals surface area (Å²) >= 11 is 0. The van der Waals surface area contributed by atoms with Crippen molar-refractivity contribution in [2.45, 2.75) is 32.6 Å². The van der Waals surface area contributed by atoms with E-state index in [1.807, 2.05) is 0 Å². The zero-order chi connectivity index (χ0) is 13.6. The lowest BCUT2D eigenvalue weighted by atomic mass is 9.76. The Morgan fingerprint density at radius 2 is 1.63 bits per heavy atom. The van der Waals surface area contributed by atoms with Crippen LogP contribution in [0.4, 0.5) is 0 Å². The lowest BCUT2D eigenvalue weighted by molar-refractivity contribution is 0.0955. The van der Waals surface area contributed by atoms with Gasteiger partial charge in [-0.25, -0.2) is 0 Å².